The number of ether oxygens (including phenoxy) is 1. The molecule has 1 aromatic heterocycles. The Morgan fingerprint density at radius 1 is 0.933 bits per heavy atom. The van der Waals surface area contributed by atoms with E-state index in [0.717, 1.165) is 26.8 Å². The van der Waals surface area contributed by atoms with Crippen molar-refractivity contribution < 1.29 is 14.6 Å². The molecule has 0 spiro atoms. The highest BCUT2D eigenvalue weighted by Gasteiger charge is 2.16. The number of aliphatic carboxylic acids is 1. The van der Waals surface area contributed by atoms with E-state index in [1.54, 1.807) is 0 Å². The van der Waals surface area contributed by atoms with Gasteiger partial charge in [-0.2, -0.15) is 0 Å². The third-order valence-corrected chi connectivity index (χ3v) is 5.74. The van der Waals surface area contributed by atoms with Crippen molar-refractivity contribution in [2.45, 2.75) is 12.8 Å². The number of carboxylic acid groups (broad SMARTS) is 1. The van der Waals surface area contributed by atoms with Crippen LogP contribution in [0.25, 0.3) is 11.3 Å². The highest BCUT2D eigenvalue weighted by molar-refractivity contribution is 7.12. The molecule has 4 nitrogen and oxygen atoms in total. The number of thiazole rings is 1. The zero-order valence-corrected chi connectivity index (χ0v) is 17.5. The molecule has 6 heteroatoms. The molecule has 1 N–H and O–H groups in total. The van der Waals surface area contributed by atoms with Gasteiger partial charge >= 0.3 is 5.97 Å². The van der Waals surface area contributed by atoms with E-state index in [1.807, 2.05) is 78.9 Å². The van der Waals surface area contributed by atoms with Crippen molar-refractivity contribution in [3.63, 3.8) is 0 Å². The van der Waals surface area contributed by atoms with Gasteiger partial charge in [0, 0.05) is 21.9 Å². The molecule has 4 aromatic rings. The van der Waals surface area contributed by atoms with Gasteiger partial charge in [0.2, 0.25) is 0 Å². The monoisotopic (exact) mass is 435 g/mol. The summed E-state index contributed by atoms with van der Waals surface area (Å²) in [5.41, 5.74) is 2.65. The number of carboxylic acids is 1. The molecule has 0 radical (unpaired) electrons. The van der Waals surface area contributed by atoms with E-state index >= 15 is 0 Å². The summed E-state index contributed by atoms with van der Waals surface area (Å²) < 4.78 is 5.84. The second-order valence-corrected chi connectivity index (χ2v) is 8.30. The predicted octanol–water partition coefficient (Wildman–Crippen LogP) is 6.47. The van der Waals surface area contributed by atoms with Crippen molar-refractivity contribution in [2.24, 2.45) is 0 Å². The molecule has 4 rings (SSSR count). The molecular formula is C24H18ClNO3S. The molecule has 0 amide bonds. The fourth-order valence-electron chi connectivity index (χ4n) is 3.04. The highest BCUT2D eigenvalue weighted by Crippen LogP contribution is 2.32. The maximum atomic E-state index is 11.4. The van der Waals surface area contributed by atoms with E-state index in [9.17, 15) is 9.90 Å². The Balaban J connectivity index is 1.59. The number of hydrogen-bond acceptors (Lipinski definition) is 4. The minimum absolute atomic E-state index is 0.0596. The van der Waals surface area contributed by atoms with Gasteiger partial charge in [-0.3, -0.25) is 4.79 Å². The van der Waals surface area contributed by atoms with E-state index in [2.05, 4.69) is 0 Å². The normalized spacial score (nSPS) is 10.7. The van der Waals surface area contributed by atoms with Gasteiger partial charge < -0.3 is 9.84 Å². The Hall–Kier alpha value is -3.15. The van der Waals surface area contributed by atoms with Gasteiger partial charge in [-0.15, -0.1) is 11.3 Å². The van der Waals surface area contributed by atoms with Crippen LogP contribution in [0.3, 0.4) is 0 Å². The number of aromatic nitrogens is 1. The molecule has 150 valence electrons. The molecular weight excluding hydrogens is 418 g/mol. The van der Waals surface area contributed by atoms with Gasteiger partial charge in [0.1, 0.15) is 11.5 Å². The number of hydrogen-bond donors (Lipinski definition) is 1. The lowest BCUT2D eigenvalue weighted by Gasteiger charge is -2.06. The number of rotatable bonds is 7. The minimum atomic E-state index is -0.873. The maximum Gasteiger partial charge on any atom is 0.308 e. The van der Waals surface area contributed by atoms with E-state index in [4.69, 9.17) is 21.3 Å². The van der Waals surface area contributed by atoms with Crippen LogP contribution in [0.2, 0.25) is 5.02 Å². The van der Waals surface area contributed by atoms with Crippen molar-refractivity contribution in [1.82, 2.24) is 4.98 Å². The van der Waals surface area contributed by atoms with Gasteiger partial charge in [0.25, 0.3) is 0 Å². The van der Waals surface area contributed by atoms with Gasteiger partial charge in [0.05, 0.1) is 17.1 Å². The van der Waals surface area contributed by atoms with Crippen LogP contribution in [0.1, 0.15) is 15.4 Å². The number of nitrogens with zero attached hydrogens (tertiary/aromatic N) is 1. The lowest BCUT2D eigenvalue weighted by Crippen LogP contribution is -1.99. The molecule has 0 atom stereocenters. The molecule has 0 fully saturated rings. The Kier molecular flexibility index (Phi) is 6.12. The lowest BCUT2D eigenvalue weighted by atomic mass is 10.1. The molecule has 0 aliphatic rings. The molecule has 0 bridgehead atoms. The Labute approximate surface area is 183 Å². The summed E-state index contributed by atoms with van der Waals surface area (Å²) in [4.78, 5) is 16.8. The molecule has 30 heavy (non-hydrogen) atoms. The maximum absolute atomic E-state index is 11.4. The third kappa shape index (κ3) is 5.06. The lowest BCUT2D eigenvalue weighted by molar-refractivity contribution is -0.136. The van der Waals surface area contributed by atoms with Gasteiger partial charge in [-0.25, -0.2) is 4.98 Å². The molecule has 0 aliphatic heterocycles. The average molecular weight is 436 g/mol. The largest absolute Gasteiger partial charge is 0.481 e. The average Bonchev–Trinajstić information content (AvgIpc) is 3.12. The summed E-state index contributed by atoms with van der Waals surface area (Å²) in [6.45, 7) is 0. The van der Waals surface area contributed by atoms with Crippen LogP contribution in [0.15, 0.2) is 78.9 Å². The van der Waals surface area contributed by atoms with Gasteiger partial charge in [-0.05, 0) is 54.1 Å². The van der Waals surface area contributed by atoms with E-state index in [-0.39, 0.29) is 6.42 Å². The van der Waals surface area contributed by atoms with E-state index in [0.29, 0.717) is 22.9 Å². The second kappa shape index (κ2) is 9.11. The first-order chi connectivity index (χ1) is 14.6. The highest BCUT2D eigenvalue weighted by atomic mass is 35.5. The van der Waals surface area contributed by atoms with Crippen LogP contribution in [-0.4, -0.2) is 16.1 Å². The van der Waals surface area contributed by atoms with Crippen LogP contribution in [0, 0.1) is 0 Å². The molecule has 3 aromatic carbocycles. The Bertz CT molecular complexity index is 1140. The van der Waals surface area contributed by atoms with Crippen molar-refractivity contribution in [1.29, 1.82) is 0 Å². The molecule has 0 saturated heterocycles. The first-order valence-corrected chi connectivity index (χ1v) is 10.5. The minimum Gasteiger partial charge on any atom is -0.481 e. The quantitative estimate of drug-likeness (QED) is 0.361. The zero-order chi connectivity index (χ0) is 20.9. The summed E-state index contributed by atoms with van der Waals surface area (Å²) in [6, 6.07) is 24.7. The van der Waals surface area contributed by atoms with Gasteiger partial charge in [0.15, 0.2) is 0 Å². The Morgan fingerprint density at radius 3 is 2.27 bits per heavy atom. The fraction of sp³-hybridized carbons (Fsp3) is 0.0833. The molecule has 0 unspecified atom stereocenters. The zero-order valence-electron chi connectivity index (χ0n) is 15.9. The van der Waals surface area contributed by atoms with E-state index in [1.165, 1.54) is 11.3 Å². The van der Waals surface area contributed by atoms with E-state index < -0.39 is 5.97 Å². The molecule has 0 saturated carbocycles. The standard InChI is InChI=1S/C24H18ClNO3S/c25-18-10-6-16(7-11-18)14-22-26-24(21(30-22)15-23(27)28)17-8-12-20(13-9-17)29-19-4-2-1-3-5-19/h1-13H,14-15H2,(H,27,28). The summed E-state index contributed by atoms with van der Waals surface area (Å²) in [5.74, 6) is 0.596. The number of benzene rings is 3. The first kappa shape index (κ1) is 20.1. The van der Waals surface area contributed by atoms with Crippen LogP contribution in [0.4, 0.5) is 0 Å². The van der Waals surface area contributed by atoms with Crippen LogP contribution in [0.5, 0.6) is 11.5 Å². The summed E-state index contributed by atoms with van der Waals surface area (Å²) in [5, 5.41) is 10.9. The summed E-state index contributed by atoms with van der Waals surface area (Å²) >= 11 is 7.39. The Morgan fingerprint density at radius 2 is 1.60 bits per heavy atom. The van der Waals surface area contributed by atoms with Gasteiger partial charge in [-0.1, -0.05) is 41.9 Å². The van der Waals surface area contributed by atoms with Crippen molar-refractivity contribution in [2.75, 3.05) is 0 Å². The SMILES string of the molecule is O=C(O)Cc1sc(Cc2ccc(Cl)cc2)nc1-c1ccc(Oc2ccccc2)cc1. The van der Waals surface area contributed by atoms with Crippen molar-refractivity contribution in [3.05, 3.63) is 99.3 Å². The fourth-order valence-corrected chi connectivity index (χ4v) is 4.28. The van der Waals surface area contributed by atoms with Crippen molar-refractivity contribution >= 4 is 28.9 Å². The number of para-hydroxylation sites is 1. The molecule has 1 heterocycles. The van der Waals surface area contributed by atoms with Crippen molar-refractivity contribution in [3.8, 4) is 22.8 Å². The van der Waals surface area contributed by atoms with Crippen LogP contribution < -0.4 is 4.74 Å². The predicted molar refractivity (Wildman–Crippen MR) is 120 cm³/mol. The topological polar surface area (TPSA) is 59.4 Å². The molecule has 0 aliphatic carbocycles. The summed E-state index contributed by atoms with van der Waals surface area (Å²) in [6.07, 6.45) is 0.569. The van der Waals surface area contributed by atoms with Crippen LogP contribution in [-0.2, 0) is 17.6 Å². The summed E-state index contributed by atoms with van der Waals surface area (Å²) in [7, 11) is 0. The number of carbonyl (C=O) groups is 1. The number of halogens is 1. The van der Waals surface area contributed by atoms with Crippen LogP contribution >= 0.6 is 22.9 Å². The third-order valence-electron chi connectivity index (χ3n) is 4.43. The smallest absolute Gasteiger partial charge is 0.308 e. The first-order valence-electron chi connectivity index (χ1n) is 9.35. The second-order valence-electron chi connectivity index (χ2n) is 6.69.